The van der Waals surface area contributed by atoms with Gasteiger partial charge in [-0.15, -0.1) is 0 Å². The fourth-order valence-electron chi connectivity index (χ4n) is 2.49. The van der Waals surface area contributed by atoms with Crippen LogP contribution in [0, 0.1) is 0 Å². The lowest BCUT2D eigenvalue weighted by molar-refractivity contribution is -0.129. The maximum Gasteiger partial charge on any atom is 0.260 e. The third-order valence-corrected chi connectivity index (χ3v) is 3.32. The van der Waals surface area contributed by atoms with Gasteiger partial charge in [0.2, 0.25) is 5.91 Å². The standard InChI is InChI=1S/C13H11NO2/c1-14-12(15)9-6-2-4-8-5-3-7-10(11(8)9)13(14)16/h2-6,10H,7H2,1H3. The van der Waals surface area contributed by atoms with Crippen LogP contribution in [0.4, 0.5) is 0 Å². The number of imide groups is 1. The molecule has 1 unspecified atom stereocenters. The Balaban J connectivity index is 2.32. The number of nitrogens with zero attached hydrogens (tertiary/aromatic N) is 1. The number of benzene rings is 1. The molecule has 0 saturated carbocycles. The molecular weight excluding hydrogens is 202 g/mol. The number of rotatable bonds is 0. The number of likely N-dealkylation sites (N-methyl/N-ethyl adjacent to an activating group) is 1. The van der Waals surface area contributed by atoms with Gasteiger partial charge in [-0.3, -0.25) is 14.5 Å². The van der Waals surface area contributed by atoms with Crippen molar-refractivity contribution in [3.05, 3.63) is 41.0 Å². The van der Waals surface area contributed by atoms with Crippen LogP contribution >= 0.6 is 0 Å². The van der Waals surface area contributed by atoms with Crippen LogP contribution < -0.4 is 0 Å². The molecule has 0 aromatic heterocycles. The molecule has 80 valence electrons. The minimum Gasteiger partial charge on any atom is -0.281 e. The highest BCUT2D eigenvalue weighted by atomic mass is 16.2. The monoisotopic (exact) mass is 213 g/mol. The number of hydrogen-bond acceptors (Lipinski definition) is 2. The highest BCUT2D eigenvalue weighted by molar-refractivity contribution is 6.12. The average molecular weight is 213 g/mol. The number of allylic oxidation sites excluding steroid dienone is 1. The summed E-state index contributed by atoms with van der Waals surface area (Å²) in [4.78, 5) is 25.2. The number of carbonyl (C=O) groups is 2. The molecule has 16 heavy (non-hydrogen) atoms. The van der Waals surface area contributed by atoms with Crippen LogP contribution in [0.3, 0.4) is 0 Å². The normalized spacial score (nSPS) is 22.3. The van der Waals surface area contributed by atoms with Gasteiger partial charge in [-0.05, 0) is 23.6 Å². The minimum absolute atomic E-state index is 0.0886. The Bertz CT molecular complexity index is 531. The van der Waals surface area contributed by atoms with Gasteiger partial charge < -0.3 is 0 Å². The van der Waals surface area contributed by atoms with E-state index >= 15 is 0 Å². The molecule has 1 atom stereocenters. The summed E-state index contributed by atoms with van der Waals surface area (Å²) in [5.74, 6) is -0.443. The van der Waals surface area contributed by atoms with Crippen molar-refractivity contribution in [3.63, 3.8) is 0 Å². The van der Waals surface area contributed by atoms with Gasteiger partial charge in [-0.1, -0.05) is 24.3 Å². The molecule has 0 radical (unpaired) electrons. The number of carbonyl (C=O) groups excluding carboxylic acids is 2. The molecule has 0 N–H and O–H groups in total. The molecule has 1 aliphatic heterocycles. The van der Waals surface area contributed by atoms with E-state index in [-0.39, 0.29) is 17.7 Å². The summed E-state index contributed by atoms with van der Waals surface area (Å²) in [5.41, 5.74) is 2.59. The summed E-state index contributed by atoms with van der Waals surface area (Å²) in [7, 11) is 1.55. The van der Waals surface area contributed by atoms with Crippen molar-refractivity contribution in [2.24, 2.45) is 0 Å². The van der Waals surface area contributed by atoms with Crippen LogP contribution in [0.25, 0.3) is 6.08 Å². The second kappa shape index (κ2) is 3.04. The van der Waals surface area contributed by atoms with Gasteiger partial charge in [0.25, 0.3) is 5.91 Å². The Morgan fingerprint density at radius 2 is 2.12 bits per heavy atom. The molecule has 2 amide bonds. The predicted molar refractivity (Wildman–Crippen MR) is 59.9 cm³/mol. The Labute approximate surface area is 93.4 Å². The Morgan fingerprint density at radius 3 is 2.94 bits per heavy atom. The fraction of sp³-hybridized carbons (Fsp3) is 0.231. The fourth-order valence-corrected chi connectivity index (χ4v) is 2.49. The molecule has 1 aromatic rings. The molecule has 3 heteroatoms. The number of amides is 2. The summed E-state index contributed by atoms with van der Waals surface area (Å²) in [6.45, 7) is 0. The predicted octanol–water partition coefficient (Wildman–Crippen LogP) is 1.80. The van der Waals surface area contributed by atoms with Gasteiger partial charge in [0, 0.05) is 12.6 Å². The smallest absolute Gasteiger partial charge is 0.260 e. The van der Waals surface area contributed by atoms with Gasteiger partial charge >= 0.3 is 0 Å². The molecule has 0 bridgehead atoms. The molecule has 2 aliphatic rings. The first-order chi connectivity index (χ1) is 7.70. The lowest BCUT2D eigenvalue weighted by Gasteiger charge is -2.32. The zero-order chi connectivity index (χ0) is 11.3. The molecule has 1 aliphatic carbocycles. The van der Waals surface area contributed by atoms with Crippen molar-refractivity contribution in [2.75, 3.05) is 7.05 Å². The van der Waals surface area contributed by atoms with E-state index in [2.05, 4.69) is 0 Å². The van der Waals surface area contributed by atoms with Crippen molar-refractivity contribution in [2.45, 2.75) is 12.3 Å². The van der Waals surface area contributed by atoms with Gasteiger partial charge in [0.15, 0.2) is 0 Å². The third kappa shape index (κ3) is 1.03. The van der Waals surface area contributed by atoms with Crippen molar-refractivity contribution in [3.8, 4) is 0 Å². The highest BCUT2D eigenvalue weighted by Crippen LogP contribution is 2.37. The summed E-state index contributed by atoms with van der Waals surface area (Å²) in [6.07, 6.45) is 4.68. The van der Waals surface area contributed by atoms with Crippen LogP contribution in [0.15, 0.2) is 24.3 Å². The average Bonchev–Trinajstić information content (AvgIpc) is 2.33. The van der Waals surface area contributed by atoms with Gasteiger partial charge in [0.05, 0.1) is 5.92 Å². The van der Waals surface area contributed by atoms with Crippen LogP contribution in [-0.2, 0) is 4.79 Å². The first kappa shape index (κ1) is 9.33. The van der Waals surface area contributed by atoms with E-state index in [0.717, 1.165) is 11.1 Å². The van der Waals surface area contributed by atoms with E-state index in [1.165, 1.54) is 4.90 Å². The summed E-state index contributed by atoms with van der Waals surface area (Å²) >= 11 is 0. The molecule has 0 spiro atoms. The third-order valence-electron chi connectivity index (χ3n) is 3.32. The Morgan fingerprint density at radius 1 is 1.31 bits per heavy atom. The lowest BCUT2D eigenvalue weighted by Crippen LogP contribution is -2.42. The molecular formula is C13H11NO2. The molecule has 0 saturated heterocycles. The lowest BCUT2D eigenvalue weighted by atomic mass is 9.80. The van der Waals surface area contributed by atoms with Crippen LogP contribution in [0.2, 0.25) is 0 Å². The van der Waals surface area contributed by atoms with Crippen molar-refractivity contribution < 1.29 is 9.59 Å². The van der Waals surface area contributed by atoms with E-state index in [1.807, 2.05) is 24.3 Å². The summed E-state index contributed by atoms with van der Waals surface area (Å²) in [5, 5.41) is 0. The largest absolute Gasteiger partial charge is 0.281 e. The summed E-state index contributed by atoms with van der Waals surface area (Å²) < 4.78 is 0. The second-order valence-corrected chi connectivity index (χ2v) is 4.20. The van der Waals surface area contributed by atoms with Crippen molar-refractivity contribution in [1.82, 2.24) is 4.90 Å². The van der Waals surface area contributed by atoms with Crippen molar-refractivity contribution >= 4 is 17.9 Å². The van der Waals surface area contributed by atoms with Gasteiger partial charge in [-0.25, -0.2) is 0 Å². The zero-order valence-electron chi connectivity index (χ0n) is 8.93. The molecule has 0 fully saturated rings. The first-order valence-electron chi connectivity index (χ1n) is 5.31. The summed E-state index contributed by atoms with van der Waals surface area (Å²) in [6, 6.07) is 5.62. The topological polar surface area (TPSA) is 37.4 Å². The number of hydrogen-bond donors (Lipinski definition) is 0. The zero-order valence-corrected chi connectivity index (χ0v) is 8.93. The highest BCUT2D eigenvalue weighted by Gasteiger charge is 2.38. The van der Waals surface area contributed by atoms with Crippen LogP contribution in [0.5, 0.6) is 0 Å². The van der Waals surface area contributed by atoms with Crippen LogP contribution in [-0.4, -0.2) is 23.8 Å². The maximum atomic E-state index is 12.0. The van der Waals surface area contributed by atoms with E-state index < -0.39 is 0 Å². The molecule has 3 nitrogen and oxygen atoms in total. The van der Waals surface area contributed by atoms with Crippen LogP contribution in [0.1, 0.15) is 33.8 Å². The SMILES string of the molecule is CN1C(=O)c2cccc3c2C(CC=C3)C1=O. The molecule has 1 aromatic carbocycles. The van der Waals surface area contributed by atoms with E-state index in [9.17, 15) is 9.59 Å². The van der Waals surface area contributed by atoms with Crippen molar-refractivity contribution in [1.29, 1.82) is 0 Å². The molecule has 1 heterocycles. The van der Waals surface area contributed by atoms with Gasteiger partial charge in [0.1, 0.15) is 0 Å². The van der Waals surface area contributed by atoms with E-state index in [4.69, 9.17) is 0 Å². The Hall–Kier alpha value is -1.90. The molecule has 3 rings (SSSR count). The first-order valence-corrected chi connectivity index (χ1v) is 5.31. The quantitative estimate of drug-likeness (QED) is 0.616. The second-order valence-electron chi connectivity index (χ2n) is 4.20. The van der Waals surface area contributed by atoms with E-state index in [0.29, 0.717) is 12.0 Å². The van der Waals surface area contributed by atoms with Gasteiger partial charge in [-0.2, -0.15) is 0 Å². The minimum atomic E-state index is -0.187. The van der Waals surface area contributed by atoms with E-state index in [1.54, 1.807) is 13.1 Å². The Kier molecular flexibility index (Phi) is 1.78. The maximum absolute atomic E-state index is 12.0.